The molecule has 19 heavy (non-hydrogen) atoms. The van der Waals surface area contributed by atoms with Gasteiger partial charge < -0.3 is 4.90 Å². The van der Waals surface area contributed by atoms with Crippen molar-refractivity contribution in [3.05, 3.63) is 41.5 Å². The Bertz CT molecular complexity index is 502. The molecule has 0 atom stereocenters. The van der Waals surface area contributed by atoms with Crippen molar-refractivity contribution in [1.82, 2.24) is 4.90 Å². The second-order valence-corrected chi connectivity index (χ2v) is 5.00. The number of benzene rings is 1. The molecule has 3 heteroatoms. The molecule has 0 radical (unpaired) electrons. The molecule has 0 aliphatic carbocycles. The normalized spacial score (nSPS) is 11.0. The van der Waals surface area contributed by atoms with Gasteiger partial charge in [-0.2, -0.15) is 5.26 Å². The van der Waals surface area contributed by atoms with E-state index in [2.05, 4.69) is 6.07 Å². The van der Waals surface area contributed by atoms with Gasteiger partial charge in [-0.15, -0.1) is 0 Å². The first-order chi connectivity index (χ1) is 8.95. The molecule has 0 bridgehead atoms. The van der Waals surface area contributed by atoms with Crippen LogP contribution in [0.3, 0.4) is 0 Å². The van der Waals surface area contributed by atoms with Crippen LogP contribution in [-0.2, 0) is 4.79 Å². The van der Waals surface area contributed by atoms with Crippen LogP contribution in [0.2, 0.25) is 0 Å². The molecule has 0 aliphatic rings. The Morgan fingerprint density at radius 2 is 1.89 bits per heavy atom. The molecule has 0 saturated carbocycles. The van der Waals surface area contributed by atoms with Gasteiger partial charge in [0.25, 0.3) is 0 Å². The minimum absolute atomic E-state index is 0.00707. The number of nitrogens with zero attached hydrogens (tertiary/aromatic N) is 2. The van der Waals surface area contributed by atoms with Crippen molar-refractivity contribution in [1.29, 1.82) is 5.26 Å². The predicted octanol–water partition coefficient (Wildman–Crippen LogP) is 3.22. The van der Waals surface area contributed by atoms with Crippen LogP contribution in [0, 0.1) is 11.3 Å². The van der Waals surface area contributed by atoms with Crippen molar-refractivity contribution in [2.75, 3.05) is 0 Å². The first kappa shape index (κ1) is 15.0. The van der Waals surface area contributed by atoms with Gasteiger partial charge in [0.1, 0.15) is 0 Å². The number of amides is 1. The fourth-order valence-electron chi connectivity index (χ4n) is 2.07. The summed E-state index contributed by atoms with van der Waals surface area (Å²) in [5.74, 6) is -0.00707. The Morgan fingerprint density at radius 3 is 2.42 bits per heavy atom. The first-order valence-electron chi connectivity index (χ1n) is 6.46. The van der Waals surface area contributed by atoms with Crippen molar-refractivity contribution >= 4 is 12.0 Å². The lowest BCUT2D eigenvalue weighted by Crippen LogP contribution is -2.41. The standard InChI is InChI=1S/C16H20N2O/c1-12(2)18(13(3)4)16(19)9-8-14-6-5-7-15(10-14)11-17/h5-10,12-13H,1-4H3. The highest BCUT2D eigenvalue weighted by molar-refractivity contribution is 5.92. The number of hydrogen-bond donors (Lipinski definition) is 0. The summed E-state index contributed by atoms with van der Waals surface area (Å²) >= 11 is 0. The van der Waals surface area contributed by atoms with E-state index in [1.165, 1.54) is 0 Å². The number of carbonyl (C=O) groups is 1. The SMILES string of the molecule is CC(C)N(C(=O)C=Cc1cccc(C#N)c1)C(C)C. The monoisotopic (exact) mass is 256 g/mol. The van der Waals surface area contributed by atoms with Crippen LogP contribution in [0.25, 0.3) is 6.08 Å². The average molecular weight is 256 g/mol. The van der Waals surface area contributed by atoms with Gasteiger partial charge in [0, 0.05) is 18.2 Å². The summed E-state index contributed by atoms with van der Waals surface area (Å²) in [5, 5.41) is 8.82. The Kier molecular flexibility index (Phi) is 5.32. The van der Waals surface area contributed by atoms with Gasteiger partial charge in [0.05, 0.1) is 11.6 Å². The van der Waals surface area contributed by atoms with E-state index >= 15 is 0 Å². The molecule has 0 spiro atoms. The average Bonchev–Trinajstić information content (AvgIpc) is 2.35. The van der Waals surface area contributed by atoms with Crippen molar-refractivity contribution in [3.8, 4) is 6.07 Å². The van der Waals surface area contributed by atoms with E-state index in [4.69, 9.17) is 5.26 Å². The zero-order valence-corrected chi connectivity index (χ0v) is 11.9. The van der Waals surface area contributed by atoms with Crippen molar-refractivity contribution in [2.24, 2.45) is 0 Å². The predicted molar refractivity (Wildman–Crippen MR) is 77.3 cm³/mol. The highest BCUT2D eigenvalue weighted by Crippen LogP contribution is 2.09. The van der Waals surface area contributed by atoms with Gasteiger partial charge in [0.15, 0.2) is 0 Å². The summed E-state index contributed by atoms with van der Waals surface area (Å²) < 4.78 is 0. The molecule has 0 aromatic heterocycles. The van der Waals surface area contributed by atoms with Crippen LogP contribution >= 0.6 is 0 Å². The lowest BCUT2D eigenvalue weighted by Gasteiger charge is -2.29. The maximum atomic E-state index is 12.1. The Morgan fingerprint density at radius 1 is 1.26 bits per heavy atom. The Labute approximate surface area is 115 Å². The molecule has 0 N–H and O–H groups in total. The largest absolute Gasteiger partial charge is 0.334 e. The van der Waals surface area contributed by atoms with Crippen LogP contribution in [0.1, 0.15) is 38.8 Å². The topological polar surface area (TPSA) is 44.1 Å². The molecule has 0 saturated heterocycles. The summed E-state index contributed by atoms with van der Waals surface area (Å²) in [7, 11) is 0. The first-order valence-corrected chi connectivity index (χ1v) is 6.46. The van der Waals surface area contributed by atoms with Crippen LogP contribution in [0.4, 0.5) is 0 Å². The van der Waals surface area contributed by atoms with Crippen molar-refractivity contribution < 1.29 is 4.79 Å². The highest BCUT2D eigenvalue weighted by Gasteiger charge is 2.17. The summed E-state index contributed by atoms with van der Waals surface area (Å²) in [6.45, 7) is 8.01. The number of carbonyl (C=O) groups excluding carboxylic acids is 1. The van der Waals surface area contributed by atoms with Crippen LogP contribution in [0.15, 0.2) is 30.3 Å². The van der Waals surface area contributed by atoms with Gasteiger partial charge in [0.2, 0.25) is 5.91 Å². The molecular formula is C16H20N2O. The minimum atomic E-state index is -0.00707. The van der Waals surface area contributed by atoms with E-state index in [9.17, 15) is 4.79 Å². The van der Waals surface area contributed by atoms with E-state index < -0.39 is 0 Å². The molecule has 0 aliphatic heterocycles. The quantitative estimate of drug-likeness (QED) is 0.776. The zero-order valence-electron chi connectivity index (χ0n) is 11.9. The van der Waals surface area contributed by atoms with Crippen LogP contribution in [0.5, 0.6) is 0 Å². The van der Waals surface area contributed by atoms with Gasteiger partial charge >= 0.3 is 0 Å². The third kappa shape index (κ3) is 4.26. The van der Waals surface area contributed by atoms with E-state index in [-0.39, 0.29) is 18.0 Å². The molecule has 0 heterocycles. The van der Waals surface area contributed by atoms with Crippen molar-refractivity contribution in [3.63, 3.8) is 0 Å². The molecule has 1 rings (SSSR count). The summed E-state index contributed by atoms with van der Waals surface area (Å²) in [6, 6.07) is 9.62. The smallest absolute Gasteiger partial charge is 0.247 e. The molecule has 100 valence electrons. The maximum absolute atomic E-state index is 12.1. The fraction of sp³-hybridized carbons (Fsp3) is 0.375. The molecule has 3 nitrogen and oxygen atoms in total. The Balaban J connectivity index is 2.86. The lowest BCUT2D eigenvalue weighted by atomic mass is 10.1. The van der Waals surface area contributed by atoms with Gasteiger partial charge in [-0.1, -0.05) is 12.1 Å². The second kappa shape index (κ2) is 6.75. The van der Waals surface area contributed by atoms with E-state index in [0.29, 0.717) is 5.56 Å². The third-order valence-electron chi connectivity index (χ3n) is 2.80. The number of nitriles is 1. The zero-order chi connectivity index (χ0) is 14.4. The number of rotatable bonds is 4. The molecule has 1 aromatic rings. The summed E-state index contributed by atoms with van der Waals surface area (Å²) in [6.07, 6.45) is 3.32. The molecule has 1 aromatic carbocycles. The third-order valence-corrected chi connectivity index (χ3v) is 2.80. The van der Waals surface area contributed by atoms with Crippen LogP contribution < -0.4 is 0 Å². The molecular weight excluding hydrogens is 236 g/mol. The van der Waals surface area contributed by atoms with Gasteiger partial charge in [-0.25, -0.2) is 0 Å². The second-order valence-electron chi connectivity index (χ2n) is 5.00. The molecule has 0 unspecified atom stereocenters. The van der Waals surface area contributed by atoms with Crippen LogP contribution in [-0.4, -0.2) is 22.9 Å². The lowest BCUT2D eigenvalue weighted by molar-refractivity contribution is -0.129. The Hall–Kier alpha value is -2.08. The highest BCUT2D eigenvalue weighted by atomic mass is 16.2. The maximum Gasteiger partial charge on any atom is 0.247 e. The molecule has 0 fully saturated rings. The number of hydrogen-bond acceptors (Lipinski definition) is 2. The molecule has 1 amide bonds. The van der Waals surface area contributed by atoms with Gasteiger partial charge in [-0.3, -0.25) is 4.79 Å². The van der Waals surface area contributed by atoms with E-state index in [1.54, 1.807) is 24.3 Å². The summed E-state index contributed by atoms with van der Waals surface area (Å²) in [5.41, 5.74) is 1.46. The summed E-state index contributed by atoms with van der Waals surface area (Å²) in [4.78, 5) is 14.0. The van der Waals surface area contributed by atoms with E-state index in [0.717, 1.165) is 5.56 Å². The van der Waals surface area contributed by atoms with Gasteiger partial charge in [-0.05, 0) is 51.5 Å². The van der Waals surface area contributed by atoms with Crippen molar-refractivity contribution in [2.45, 2.75) is 39.8 Å². The minimum Gasteiger partial charge on any atom is -0.334 e. The fourth-order valence-corrected chi connectivity index (χ4v) is 2.07. The van der Waals surface area contributed by atoms with E-state index in [1.807, 2.05) is 44.7 Å².